The molecule has 1 aromatic carbocycles. The fourth-order valence-electron chi connectivity index (χ4n) is 1.84. The zero-order valence-electron chi connectivity index (χ0n) is 12.5. The highest BCUT2D eigenvalue weighted by molar-refractivity contribution is 7.89. The van der Waals surface area contributed by atoms with E-state index < -0.39 is 47.0 Å². The summed E-state index contributed by atoms with van der Waals surface area (Å²) in [5, 5.41) is 13.0. The van der Waals surface area contributed by atoms with Crippen molar-refractivity contribution in [2.45, 2.75) is 17.9 Å². The van der Waals surface area contributed by atoms with E-state index in [0.29, 0.717) is 5.75 Å². The van der Waals surface area contributed by atoms with Crippen molar-refractivity contribution in [1.82, 2.24) is 10.0 Å². The molecule has 24 heavy (non-hydrogen) atoms. The van der Waals surface area contributed by atoms with Gasteiger partial charge in [0.1, 0.15) is 12.3 Å². The van der Waals surface area contributed by atoms with Gasteiger partial charge in [0.15, 0.2) is 6.10 Å². The Kier molecular flexibility index (Phi) is 5.04. The lowest BCUT2D eigenvalue weighted by molar-refractivity contribution is -0.137. The van der Waals surface area contributed by atoms with Crippen LogP contribution < -0.4 is 20.1 Å². The van der Waals surface area contributed by atoms with Gasteiger partial charge in [-0.2, -0.15) is 0 Å². The number of ether oxygens (including phenoxy) is 1. The van der Waals surface area contributed by atoms with E-state index in [0.717, 1.165) is 0 Å². The standard InChI is InChI=1S/C13H15N3O7S/c1-7-13(20)16-9-4-8(2-3-10(9)23-7)24(21,22)15-5-11(17)14-6-12(18)19/h2-4,7,15H,5-6H2,1H3,(H,14,17)(H,16,20)(H,18,19). The van der Waals surface area contributed by atoms with Crippen LogP contribution in [0.2, 0.25) is 0 Å². The second kappa shape index (κ2) is 6.84. The number of fused-ring (bicyclic) bond motifs is 1. The third kappa shape index (κ3) is 4.20. The van der Waals surface area contributed by atoms with Crippen LogP contribution in [0.4, 0.5) is 5.69 Å². The number of sulfonamides is 1. The molecule has 0 aliphatic carbocycles. The Hall–Kier alpha value is -2.66. The summed E-state index contributed by atoms with van der Waals surface area (Å²) in [5.41, 5.74) is 0.205. The Bertz CT molecular complexity index is 791. The van der Waals surface area contributed by atoms with Crippen molar-refractivity contribution in [2.75, 3.05) is 18.4 Å². The first-order valence-electron chi connectivity index (χ1n) is 6.79. The Balaban J connectivity index is 2.07. The van der Waals surface area contributed by atoms with Crippen LogP contribution in [-0.2, 0) is 24.4 Å². The Morgan fingerprint density at radius 2 is 2.04 bits per heavy atom. The van der Waals surface area contributed by atoms with Gasteiger partial charge in [0.25, 0.3) is 5.91 Å². The van der Waals surface area contributed by atoms with Crippen molar-refractivity contribution >= 4 is 33.5 Å². The maximum atomic E-state index is 12.1. The van der Waals surface area contributed by atoms with Gasteiger partial charge in [-0.05, 0) is 25.1 Å². The SMILES string of the molecule is CC1Oc2ccc(S(=O)(=O)NCC(=O)NCC(=O)O)cc2NC1=O. The fourth-order valence-corrected chi connectivity index (χ4v) is 2.84. The minimum absolute atomic E-state index is 0.175. The van der Waals surface area contributed by atoms with Gasteiger partial charge in [-0.3, -0.25) is 14.4 Å². The second-order valence-corrected chi connectivity index (χ2v) is 6.67. The third-order valence-corrected chi connectivity index (χ3v) is 4.45. The largest absolute Gasteiger partial charge is 0.480 e. The topological polar surface area (TPSA) is 151 Å². The van der Waals surface area contributed by atoms with E-state index in [2.05, 4.69) is 5.32 Å². The summed E-state index contributed by atoms with van der Waals surface area (Å²) >= 11 is 0. The molecular formula is C13H15N3O7S. The number of carboxylic acid groups (broad SMARTS) is 1. The van der Waals surface area contributed by atoms with Crippen molar-refractivity contribution in [3.05, 3.63) is 18.2 Å². The lowest BCUT2D eigenvalue weighted by Crippen LogP contribution is -2.39. The maximum Gasteiger partial charge on any atom is 0.322 e. The number of benzene rings is 1. The van der Waals surface area contributed by atoms with Crippen LogP contribution in [0.25, 0.3) is 0 Å². The number of carboxylic acids is 1. The molecule has 0 fully saturated rings. The molecule has 1 aliphatic rings. The highest BCUT2D eigenvalue weighted by Crippen LogP contribution is 2.31. The lowest BCUT2D eigenvalue weighted by Gasteiger charge is -2.23. The highest BCUT2D eigenvalue weighted by atomic mass is 32.2. The second-order valence-electron chi connectivity index (χ2n) is 4.90. The average Bonchev–Trinajstić information content (AvgIpc) is 2.51. The van der Waals surface area contributed by atoms with E-state index in [9.17, 15) is 22.8 Å². The molecule has 1 heterocycles. The maximum absolute atomic E-state index is 12.1. The van der Waals surface area contributed by atoms with E-state index in [1.807, 2.05) is 10.0 Å². The van der Waals surface area contributed by atoms with Crippen molar-refractivity contribution in [1.29, 1.82) is 0 Å². The number of anilines is 1. The number of aliphatic carboxylic acids is 1. The van der Waals surface area contributed by atoms with E-state index >= 15 is 0 Å². The first-order valence-corrected chi connectivity index (χ1v) is 8.27. The van der Waals surface area contributed by atoms with Crippen LogP contribution in [0, 0.1) is 0 Å². The highest BCUT2D eigenvalue weighted by Gasteiger charge is 2.25. The van der Waals surface area contributed by atoms with Gasteiger partial charge in [-0.15, -0.1) is 0 Å². The summed E-state index contributed by atoms with van der Waals surface area (Å²) in [5.74, 6) is -2.10. The quantitative estimate of drug-likeness (QED) is 0.504. The number of rotatable bonds is 6. The number of amides is 2. The Morgan fingerprint density at radius 1 is 1.33 bits per heavy atom. The molecule has 1 aromatic rings. The molecule has 2 amide bonds. The fraction of sp³-hybridized carbons (Fsp3) is 0.308. The van der Waals surface area contributed by atoms with Crippen LogP contribution >= 0.6 is 0 Å². The molecule has 2 rings (SSSR count). The van der Waals surface area contributed by atoms with Crippen LogP contribution in [0.1, 0.15) is 6.92 Å². The molecule has 10 nitrogen and oxygen atoms in total. The van der Waals surface area contributed by atoms with Crippen molar-refractivity contribution in [3.63, 3.8) is 0 Å². The third-order valence-electron chi connectivity index (χ3n) is 3.05. The van der Waals surface area contributed by atoms with Gasteiger partial charge in [0.05, 0.1) is 17.1 Å². The van der Waals surface area contributed by atoms with E-state index in [1.54, 1.807) is 6.92 Å². The van der Waals surface area contributed by atoms with E-state index in [1.165, 1.54) is 18.2 Å². The minimum Gasteiger partial charge on any atom is -0.480 e. The Morgan fingerprint density at radius 3 is 2.71 bits per heavy atom. The summed E-state index contributed by atoms with van der Waals surface area (Å²) in [7, 11) is -4.02. The molecule has 11 heteroatoms. The molecule has 0 spiro atoms. The van der Waals surface area contributed by atoms with E-state index in [4.69, 9.17) is 9.84 Å². The molecule has 1 aliphatic heterocycles. The monoisotopic (exact) mass is 357 g/mol. The zero-order chi connectivity index (χ0) is 17.9. The van der Waals surface area contributed by atoms with Crippen LogP contribution in [0.15, 0.2) is 23.1 Å². The summed E-state index contributed by atoms with van der Waals surface area (Å²) in [4.78, 5) is 33.1. The van der Waals surface area contributed by atoms with Gasteiger partial charge >= 0.3 is 5.97 Å². The molecule has 130 valence electrons. The van der Waals surface area contributed by atoms with Gasteiger partial charge in [-0.1, -0.05) is 0 Å². The van der Waals surface area contributed by atoms with E-state index in [-0.39, 0.29) is 10.6 Å². The van der Waals surface area contributed by atoms with Crippen molar-refractivity contribution < 1.29 is 32.6 Å². The van der Waals surface area contributed by atoms with Crippen LogP contribution in [0.3, 0.4) is 0 Å². The minimum atomic E-state index is -4.02. The zero-order valence-corrected chi connectivity index (χ0v) is 13.3. The molecule has 0 saturated heterocycles. The number of carbonyl (C=O) groups excluding carboxylic acids is 2. The molecule has 0 bridgehead atoms. The molecule has 1 atom stereocenters. The Labute approximate surface area is 137 Å². The number of hydrogen-bond donors (Lipinski definition) is 4. The van der Waals surface area contributed by atoms with Crippen LogP contribution in [-0.4, -0.2) is 50.5 Å². The summed E-state index contributed by atoms with van der Waals surface area (Å²) < 4.78 is 31.6. The molecular weight excluding hydrogens is 342 g/mol. The van der Waals surface area contributed by atoms with Gasteiger partial charge < -0.3 is 20.5 Å². The van der Waals surface area contributed by atoms with Gasteiger partial charge in [0.2, 0.25) is 15.9 Å². The predicted octanol–water partition coefficient (Wildman–Crippen LogP) is -1.11. The van der Waals surface area contributed by atoms with Gasteiger partial charge in [0, 0.05) is 0 Å². The number of nitrogens with one attached hydrogen (secondary N) is 3. The molecule has 0 radical (unpaired) electrons. The molecule has 0 saturated carbocycles. The lowest BCUT2D eigenvalue weighted by atomic mass is 10.2. The molecule has 0 aromatic heterocycles. The first-order chi connectivity index (χ1) is 11.2. The first kappa shape index (κ1) is 17.7. The summed E-state index contributed by atoms with van der Waals surface area (Å²) in [6.45, 7) is 0.327. The number of hydrogen-bond acceptors (Lipinski definition) is 6. The van der Waals surface area contributed by atoms with Crippen LogP contribution in [0.5, 0.6) is 5.75 Å². The molecule has 1 unspecified atom stereocenters. The van der Waals surface area contributed by atoms with Gasteiger partial charge in [-0.25, -0.2) is 13.1 Å². The predicted molar refractivity (Wildman–Crippen MR) is 81.0 cm³/mol. The van der Waals surface area contributed by atoms with Crippen molar-refractivity contribution in [2.24, 2.45) is 0 Å². The smallest absolute Gasteiger partial charge is 0.322 e. The summed E-state index contributed by atoms with van der Waals surface area (Å²) in [6.07, 6.45) is -0.684. The normalized spacial score (nSPS) is 16.5. The molecule has 4 N–H and O–H groups in total. The average molecular weight is 357 g/mol. The number of carbonyl (C=O) groups is 3. The van der Waals surface area contributed by atoms with Crippen molar-refractivity contribution in [3.8, 4) is 5.75 Å². The summed E-state index contributed by atoms with van der Waals surface area (Å²) in [6, 6.07) is 3.86.